The summed E-state index contributed by atoms with van der Waals surface area (Å²) < 4.78 is 7.62. The molecule has 0 unspecified atom stereocenters. The molecule has 1 saturated heterocycles. The summed E-state index contributed by atoms with van der Waals surface area (Å²) in [5.74, 6) is 1.15. The largest absolute Gasteiger partial charge is 0.457 e. The molecule has 0 radical (unpaired) electrons. The Bertz CT molecular complexity index is 1340. The van der Waals surface area contributed by atoms with Crippen LogP contribution in [0.25, 0.3) is 11.3 Å². The van der Waals surface area contributed by atoms with Crippen LogP contribution in [0.3, 0.4) is 0 Å². The second-order valence-corrected chi connectivity index (χ2v) is 10.6. The predicted octanol–water partition coefficient (Wildman–Crippen LogP) is 3.69. The van der Waals surface area contributed by atoms with Crippen molar-refractivity contribution in [2.24, 2.45) is 11.1 Å². The van der Waals surface area contributed by atoms with Crippen molar-refractivity contribution in [2.75, 3.05) is 39.5 Å². The van der Waals surface area contributed by atoms with Crippen molar-refractivity contribution >= 4 is 17.6 Å². The Hall–Kier alpha value is -4.11. The first-order valence-corrected chi connectivity index (χ1v) is 12.9. The Kier molecular flexibility index (Phi) is 6.94. The summed E-state index contributed by atoms with van der Waals surface area (Å²) in [4.78, 5) is 28.9. The SMILES string of the molecule is CN(C)C/C=C/C(=O)N1CC[C@]2(C1)C[C@@H](n1nc(-c3ccc(Oc4ccccc4)cc3)c(C(N)=O)c1N)C2. The van der Waals surface area contributed by atoms with Crippen LogP contribution in [0.4, 0.5) is 5.82 Å². The molecule has 1 aliphatic carbocycles. The molecule has 2 aromatic carbocycles. The lowest BCUT2D eigenvalue weighted by Gasteiger charge is -2.45. The van der Waals surface area contributed by atoms with Crippen LogP contribution in [-0.2, 0) is 4.79 Å². The van der Waals surface area contributed by atoms with Crippen LogP contribution in [0.2, 0.25) is 0 Å². The maximum atomic E-state index is 12.6. The first kappa shape index (κ1) is 25.5. The number of carbonyl (C=O) groups excluding carboxylic acids is 2. The summed E-state index contributed by atoms with van der Waals surface area (Å²) in [7, 11) is 3.94. The molecule has 1 saturated carbocycles. The number of likely N-dealkylation sites (tertiary alicyclic amines) is 1. The van der Waals surface area contributed by atoms with Crippen LogP contribution in [0, 0.1) is 5.41 Å². The van der Waals surface area contributed by atoms with E-state index in [1.807, 2.05) is 84.6 Å². The number of benzene rings is 2. The highest BCUT2D eigenvalue weighted by Crippen LogP contribution is 2.54. The Morgan fingerprint density at radius 2 is 1.79 bits per heavy atom. The lowest BCUT2D eigenvalue weighted by atomic mass is 9.65. The van der Waals surface area contributed by atoms with Gasteiger partial charge in [0.1, 0.15) is 28.6 Å². The number of carbonyl (C=O) groups is 2. The van der Waals surface area contributed by atoms with Gasteiger partial charge in [-0.15, -0.1) is 0 Å². The van der Waals surface area contributed by atoms with Crippen molar-refractivity contribution in [1.29, 1.82) is 0 Å². The minimum Gasteiger partial charge on any atom is -0.457 e. The average molecular weight is 515 g/mol. The van der Waals surface area contributed by atoms with Gasteiger partial charge in [0.05, 0.1) is 6.04 Å². The Morgan fingerprint density at radius 3 is 2.45 bits per heavy atom. The molecule has 1 aliphatic heterocycles. The molecule has 0 atom stereocenters. The molecule has 1 spiro atoms. The smallest absolute Gasteiger partial charge is 0.254 e. The van der Waals surface area contributed by atoms with Gasteiger partial charge in [-0.25, -0.2) is 4.68 Å². The Morgan fingerprint density at radius 1 is 1.11 bits per heavy atom. The molecule has 4 N–H and O–H groups in total. The fourth-order valence-corrected chi connectivity index (χ4v) is 5.52. The van der Waals surface area contributed by atoms with Gasteiger partial charge in [-0.05, 0) is 75.2 Å². The van der Waals surface area contributed by atoms with E-state index in [2.05, 4.69) is 0 Å². The number of rotatable bonds is 8. The van der Waals surface area contributed by atoms with Crippen LogP contribution >= 0.6 is 0 Å². The molecule has 5 rings (SSSR count). The molecule has 0 bridgehead atoms. The van der Waals surface area contributed by atoms with E-state index in [9.17, 15) is 9.59 Å². The van der Waals surface area contributed by atoms with Crippen LogP contribution in [0.5, 0.6) is 11.5 Å². The molecule has 2 fully saturated rings. The highest BCUT2D eigenvalue weighted by Gasteiger charge is 2.50. The lowest BCUT2D eigenvalue weighted by molar-refractivity contribution is -0.125. The topological polar surface area (TPSA) is 120 Å². The zero-order chi connectivity index (χ0) is 26.9. The normalized spacial score (nSPS) is 20.8. The van der Waals surface area contributed by atoms with Gasteiger partial charge >= 0.3 is 0 Å². The third kappa shape index (κ3) is 5.15. The van der Waals surface area contributed by atoms with Gasteiger partial charge in [-0.1, -0.05) is 24.3 Å². The van der Waals surface area contributed by atoms with Crippen molar-refractivity contribution in [3.05, 3.63) is 72.3 Å². The molecule has 2 aliphatic rings. The quantitative estimate of drug-likeness (QED) is 0.443. The maximum absolute atomic E-state index is 12.6. The second kappa shape index (κ2) is 10.3. The molecule has 9 nitrogen and oxygen atoms in total. The van der Waals surface area contributed by atoms with Crippen LogP contribution in [-0.4, -0.2) is 65.1 Å². The number of aromatic nitrogens is 2. The molecular formula is C29H34N6O3. The number of hydrogen-bond acceptors (Lipinski definition) is 6. The number of nitrogens with zero attached hydrogens (tertiary/aromatic N) is 4. The number of amides is 2. The van der Waals surface area contributed by atoms with Crippen LogP contribution in [0.1, 0.15) is 35.7 Å². The van der Waals surface area contributed by atoms with E-state index in [4.69, 9.17) is 21.3 Å². The van der Waals surface area contributed by atoms with Gasteiger partial charge in [0.25, 0.3) is 5.91 Å². The molecule has 38 heavy (non-hydrogen) atoms. The Labute approximate surface area is 222 Å². The molecule has 1 aromatic heterocycles. The first-order chi connectivity index (χ1) is 18.2. The van der Waals surface area contributed by atoms with Gasteiger partial charge in [-0.3, -0.25) is 9.59 Å². The van der Waals surface area contributed by atoms with Crippen molar-refractivity contribution in [2.45, 2.75) is 25.3 Å². The van der Waals surface area contributed by atoms with E-state index in [0.29, 0.717) is 11.4 Å². The first-order valence-electron chi connectivity index (χ1n) is 12.9. The van der Waals surface area contributed by atoms with Gasteiger partial charge in [0, 0.05) is 31.3 Å². The number of para-hydroxylation sites is 1. The van der Waals surface area contributed by atoms with Crippen molar-refractivity contribution in [3.8, 4) is 22.8 Å². The fraction of sp³-hybridized carbons (Fsp3) is 0.345. The number of anilines is 1. The number of nitrogen functional groups attached to an aromatic ring is 1. The molecule has 2 heterocycles. The third-order valence-electron chi connectivity index (χ3n) is 7.46. The summed E-state index contributed by atoms with van der Waals surface area (Å²) in [6.45, 7) is 2.22. The van der Waals surface area contributed by atoms with Gasteiger partial charge < -0.3 is 26.0 Å². The summed E-state index contributed by atoms with van der Waals surface area (Å²) in [5.41, 5.74) is 13.7. The van der Waals surface area contributed by atoms with E-state index in [1.54, 1.807) is 10.8 Å². The van der Waals surface area contributed by atoms with Gasteiger partial charge in [0.15, 0.2) is 0 Å². The Balaban J connectivity index is 1.29. The third-order valence-corrected chi connectivity index (χ3v) is 7.46. The van der Waals surface area contributed by atoms with E-state index < -0.39 is 5.91 Å². The summed E-state index contributed by atoms with van der Waals surface area (Å²) in [6, 6.07) is 16.9. The number of likely N-dealkylation sites (N-methyl/N-ethyl adjacent to an activating group) is 1. The molecule has 198 valence electrons. The molecular weight excluding hydrogens is 480 g/mol. The van der Waals surface area contributed by atoms with E-state index >= 15 is 0 Å². The number of hydrogen-bond donors (Lipinski definition) is 2. The van der Waals surface area contributed by atoms with E-state index in [1.165, 1.54) is 0 Å². The van der Waals surface area contributed by atoms with E-state index in [-0.39, 0.29) is 28.7 Å². The lowest BCUT2D eigenvalue weighted by Crippen LogP contribution is -2.42. The summed E-state index contributed by atoms with van der Waals surface area (Å²) >= 11 is 0. The second-order valence-electron chi connectivity index (χ2n) is 10.6. The van der Waals surface area contributed by atoms with E-state index in [0.717, 1.165) is 50.2 Å². The van der Waals surface area contributed by atoms with Gasteiger partial charge in [0.2, 0.25) is 5.91 Å². The van der Waals surface area contributed by atoms with Crippen molar-refractivity contribution in [3.63, 3.8) is 0 Å². The zero-order valence-corrected chi connectivity index (χ0v) is 21.8. The summed E-state index contributed by atoms with van der Waals surface area (Å²) in [5, 5.41) is 4.76. The van der Waals surface area contributed by atoms with Crippen LogP contribution in [0.15, 0.2) is 66.7 Å². The minimum atomic E-state index is -0.607. The van der Waals surface area contributed by atoms with Crippen LogP contribution < -0.4 is 16.2 Å². The fourth-order valence-electron chi connectivity index (χ4n) is 5.52. The average Bonchev–Trinajstić information content (AvgIpc) is 3.46. The van der Waals surface area contributed by atoms with Gasteiger partial charge in [-0.2, -0.15) is 5.10 Å². The highest BCUT2D eigenvalue weighted by molar-refractivity contribution is 6.03. The monoisotopic (exact) mass is 514 g/mol. The number of nitrogens with two attached hydrogens (primary N) is 2. The highest BCUT2D eigenvalue weighted by atomic mass is 16.5. The minimum absolute atomic E-state index is 0.0573. The van der Waals surface area contributed by atoms with Crippen molar-refractivity contribution in [1.82, 2.24) is 19.6 Å². The molecule has 2 amide bonds. The standard InChI is InChI=1S/C29H34N6O3/c1-33(2)15-6-9-24(36)34-16-14-29(19-34)17-21(18-29)35-27(30)25(28(31)37)26(32-35)20-10-12-23(13-11-20)38-22-7-4-3-5-8-22/h3-13,21H,14-19,30H2,1-2H3,(H2,31,37)/b9-6+/t21-,29+. The zero-order valence-electron chi connectivity index (χ0n) is 21.8. The molecule has 3 aromatic rings. The predicted molar refractivity (Wildman–Crippen MR) is 147 cm³/mol. The maximum Gasteiger partial charge on any atom is 0.254 e. The molecule has 9 heteroatoms. The number of ether oxygens (including phenoxy) is 1. The van der Waals surface area contributed by atoms with Crippen molar-refractivity contribution < 1.29 is 14.3 Å². The number of primary amides is 1. The summed E-state index contributed by atoms with van der Waals surface area (Å²) in [6.07, 6.45) is 6.23.